The standard InChI is InChI=1S/C22H23N3O2/c1-13-8-14(2)20(15(3)9-13)24-21(26)16-11-25(12-16)22(27)18-10-23-19-7-5-4-6-17(18)19/h4-10,16,23H,11-12H2,1-3H3,(H,24,26). The number of nitrogens with one attached hydrogen (secondary N) is 2. The first-order valence-electron chi connectivity index (χ1n) is 9.18. The van der Waals surface area contributed by atoms with E-state index in [2.05, 4.69) is 22.4 Å². The summed E-state index contributed by atoms with van der Waals surface area (Å²) in [6, 6.07) is 11.9. The maximum absolute atomic E-state index is 12.7. The summed E-state index contributed by atoms with van der Waals surface area (Å²) in [5.74, 6) is -0.216. The van der Waals surface area contributed by atoms with Gasteiger partial charge in [-0.15, -0.1) is 0 Å². The van der Waals surface area contributed by atoms with Crippen LogP contribution in [0.4, 0.5) is 5.69 Å². The van der Waals surface area contributed by atoms with Crippen LogP contribution in [0.15, 0.2) is 42.6 Å². The highest BCUT2D eigenvalue weighted by molar-refractivity contribution is 6.07. The van der Waals surface area contributed by atoms with E-state index in [1.165, 1.54) is 5.56 Å². The van der Waals surface area contributed by atoms with Crippen molar-refractivity contribution >= 4 is 28.4 Å². The van der Waals surface area contributed by atoms with Gasteiger partial charge in [0, 0.05) is 35.9 Å². The number of hydrogen-bond acceptors (Lipinski definition) is 2. The molecule has 0 atom stereocenters. The first-order valence-corrected chi connectivity index (χ1v) is 9.18. The first-order chi connectivity index (χ1) is 12.9. The Labute approximate surface area is 158 Å². The van der Waals surface area contributed by atoms with Crippen LogP contribution < -0.4 is 5.32 Å². The topological polar surface area (TPSA) is 65.2 Å². The lowest BCUT2D eigenvalue weighted by Crippen LogP contribution is -2.54. The van der Waals surface area contributed by atoms with Crippen molar-refractivity contribution in [3.05, 3.63) is 64.8 Å². The SMILES string of the molecule is Cc1cc(C)c(NC(=O)C2CN(C(=O)c3c[nH]c4ccccc34)C2)c(C)c1. The number of amides is 2. The van der Waals surface area contributed by atoms with Gasteiger partial charge in [0.05, 0.1) is 11.5 Å². The number of likely N-dealkylation sites (tertiary alicyclic amines) is 1. The Morgan fingerprint density at radius 1 is 1.07 bits per heavy atom. The Bertz CT molecular complexity index is 1020. The van der Waals surface area contributed by atoms with E-state index in [9.17, 15) is 9.59 Å². The number of carbonyl (C=O) groups excluding carboxylic acids is 2. The van der Waals surface area contributed by atoms with Gasteiger partial charge in [-0.25, -0.2) is 0 Å². The van der Waals surface area contributed by atoms with Gasteiger partial charge in [0.25, 0.3) is 5.91 Å². The van der Waals surface area contributed by atoms with Crippen molar-refractivity contribution in [1.29, 1.82) is 0 Å². The van der Waals surface area contributed by atoms with Crippen molar-refractivity contribution in [2.45, 2.75) is 20.8 Å². The molecule has 2 aromatic carbocycles. The van der Waals surface area contributed by atoms with Crippen LogP contribution in [-0.2, 0) is 4.79 Å². The van der Waals surface area contributed by atoms with Crippen molar-refractivity contribution in [2.75, 3.05) is 18.4 Å². The third-order valence-electron chi connectivity index (χ3n) is 5.28. The number of aromatic nitrogens is 1. The second kappa shape index (κ2) is 6.58. The highest BCUT2D eigenvalue weighted by atomic mass is 16.2. The zero-order valence-corrected chi connectivity index (χ0v) is 15.8. The molecule has 1 aliphatic heterocycles. The number of rotatable bonds is 3. The lowest BCUT2D eigenvalue weighted by molar-refractivity contribution is -0.123. The number of para-hydroxylation sites is 1. The molecule has 3 aromatic rings. The van der Waals surface area contributed by atoms with Gasteiger partial charge in [0.2, 0.25) is 5.91 Å². The van der Waals surface area contributed by atoms with Crippen LogP contribution in [-0.4, -0.2) is 34.8 Å². The monoisotopic (exact) mass is 361 g/mol. The van der Waals surface area contributed by atoms with E-state index in [4.69, 9.17) is 0 Å². The molecule has 2 N–H and O–H groups in total. The number of aromatic amines is 1. The molecule has 2 amide bonds. The van der Waals surface area contributed by atoms with Gasteiger partial charge in [-0.1, -0.05) is 35.9 Å². The predicted molar refractivity (Wildman–Crippen MR) is 107 cm³/mol. The van der Waals surface area contributed by atoms with Crippen LogP contribution in [0.25, 0.3) is 10.9 Å². The van der Waals surface area contributed by atoms with E-state index in [-0.39, 0.29) is 17.7 Å². The average molecular weight is 361 g/mol. The molecule has 0 unspecified atom stereocenters. The lowest BCUT2D eigenvalue weighted by Gasteiger charge is -2.38. The molecule has 0 radical (unpaired) electrons. The number of hydrogen-bond donors (Lipinski definition) is 2. The van der Waals surface area contributed by atoms with Gasteiger partial charge in [-0.05, 0) is 38.0 Å². The number of fused-ring (bicyclic) bond motifs is 1. The van der Waals surface area contributed by atoms with Gasteiger partial charge in [-0.2, -0.15) is 0 Å². The lowest BCUT2D eigenvalue weighted by atomic mass is 9.96. The van der Waals surface area contributed by atoms with Gasteiger partial charge in [-0.3, -0.25) is 9.59 Å². The summed E-state index contributed by atoms with van der Waals surface area (Å²) in [5.41, 5.74) is 5.80. The fraction of sp³-hybridized carbons (Fsp3) is 0.273. The van der Waals surface area contributed by atoms with Crippen molar-refractivity contribution in [1.82, 2.24) is 9.88 Å². The first kappa shape index (κ1) is 17.3. The van der Waals surface area contributed by atoms with Gasteiger partial charge in [0.1, 0.15) is 0 Å². The third kappa shape index (κ3) is 3.10. The highest BCUT2D eigenvalue weighted by Gasteiger charge is 2.37. The molecule has 1 saturated heterocycles. The minimum absolute atomic E-state index is 0.0203. The maximum atomic E-state index is 12.7. The fourth-order valence-electron chi connectivity index (χ4n) is 3.83. The quantitative estimate of drug-likeness (QED) is 0.745. The van der Waals surface area contributed by atoms with E-state index in [0.29, 0.717) is 18.7 Å². The Hall–Kier alpha value is -3.08. The number of nitrogens with zero attached hydrogens (tertiary/aromatic N) is 1. The summed E-state index contributed by atoms with van der Waals surface area (Å²) in [5, 5.41) is 3.97. The number of carbonyl (C=O) groups is 2. The van der Waals surface area contributed by atoms with Crippen molar-refractivity contribution in [3.8, 4) is 0 Å². The zero-order valence-electron chi connectivity index (χ0n) is 15.8. The molecule has 1 fully saturated rings. The molecular formula is C22H23N3O2. The number of H-pyrrole nitrogens is 1. The minimum atomic E-state index is -0.167. The van der Waals surface area contributed by atoms with Crippen LogP contribution in [0.5, 0.6) is 0 Å². The normalized spacial score (nSPS) is 14.3. The maximum Gasteiger partial charge on any atom is 0.256 e. The molecule has 0 aliphatic carbocycles. The molecule has 138 valence electrons. The third-order valence-corrected chi connectivity index (χ3v) is 5.28. The molecule has 0 spiro atoms. The van der Waals surface area contributed by atoms with Crippen LogP contribution in [0.1, 0.15) is 27.0 Å². The fourth-order valence-corrected chi connectivity index (χ4v) is 3.83. The van der Waals surface area contributed by atoms with Crippen molar-refractivity contribution in [3.63, 3.8) is 0 Å². The van der Waals surface area contributed by atoms with Crippen molar-refractivity contribution < 1.29 is 9.59 Å². The summed E-state index contributed by atoms with van der Waals surface area (Å²) >= 11 is 0. The van der Waals surface area contributed by atoms with E-state index < -0.39 is 0 Å². The largest absolute Gasteiger partial charge is 0.360 e. The van der Waals surface area contributed by atoms with Crippen LogP contribution in [0, 0.1) is 26.7 Å². The van der Waals surface area contributed by atoms with E-state index in [1.54, 1.807) is 11.1 Å². The predicted octanol–water partition coefficient (Wildman–Crippen LogP) is 3.80. The zero-order chi connectivity index (χ0) is 19.1. The second-order valence-corrected chi connectivity index (χ2v) is 7.42. The van der Waals surface area contributed by atoms with E-state index in [0.717, 1.165) is 27.7 Å². The van der Waals surface area contributed by atoms with Gasteiger partial charge in [0.15, 0.2) is 0 Å². The Balaban J connectivity index is 1.42. The molecule has 0 saturated carbocycles. The summed E-state index contributed by atoms with van der Waals surface area (Å²) in [6.07, 6.45) is 1.75. The van der Waals surface area contributed by atoms with Crippen LogP contribution in [0.2, 0.25) is 0 Å². The molecule has 1 aliphatic rings. The number of benzene rings is 2. The second-order valence-electron chi connectivity index (χ2n) is 7.42. The molecule has 0 bridgehead atoms. The molecule has 4 rings (SSSR count). The smallest absolute Gasteiger partial charge is 0.256 e. The van der Waals surface area contributed by atoms with Gasteiger partial charge < -0.3 is 15.2 Å². The Kier molecular flexibility index (Phi) is 4.22. The summed E-state index contributed by atoms with van der Waals surface area (Å²) in [6.45, 7) is 6.96. The van der Waals surface area contributed by atoms with Crippen LogP contribution in [0.3, 0.4) is 0 Å². The summed E-state index contributed by atoms with van der Waals surface area (Å²) in [4.78, 5) is 30.2. The molecule has 27 heavy (non-hydrogen) atoms. The molecule has 2 heterocycles. The Morgan fingerprint density at radius 2 is 1.74 bits per heavy atom. The molecular weight excluding hydrogens is 338 g/mol. The van der Waals surface area contributed by atoms with E-state index >= 15 is 0 Å². The van der Waals surface area contributed by atoms with Crippen molar-refractivity contribution in [2.24, 2.45) is 5.92 Å². The number of anilines is 1. The number of aryl methyl sites for hydroxylation is 3. The molecule has 5 nitrogen and oxygen atoms in total. The Morgan fingerprint density at radius 3 is 2.44 bits per heavy atom. The average Bonchev–Trinajstić information content (AvgIpc) is 3.00. The van der Waals surface area contributed by atoms with Gasteiger partial charge >= 0.3 is 0 Å². The summed E-state index contributed by atoms with van der Waals surface area (Å²) < 4.78 is 0. The molecule has 1 aromatic heterocycles. The summed E-state index contributed by atoms with van der Waals surface area (Å²) in [7, 11) is 0. The van der Waals surface area contributed by atoms with Crippen LogP contribution >= 0.6 is 0 Å². The minimum Gasteiger partial charge on any atom is -0.360 e. The molecule has 5 heteroatoms. The highest BCUT2D eigenvalue weighted by Crippen LogP contribution is 2.27. The van der Waals surface area contributed by atoms with E-state index in [1.807, 2.05) is 45.0 Å².